The number of anilines is 1. The van der Waals surface area contributed by atoms with Crippen molar-refractivity contribution in [3.63, 3.8) is 0 Å². The van der Waals surface area contributed by atoms with Crippen LogP contribution in [0.3, 0.4) is 0 Å². The fraction of sp³-hybridized carbons (Fsp3) is 0.533. The molecule has 0 spiro atoms. The first-order chi connectivity index (χ1) is 9.20. The predicted octanol–water partition coefficient (Wildman–Crippen LogP) is 4.69. The topological polar surface area (TPSA) is 15.3 Å². The molecule has 0 radical (unpaired) electrons. The Labute approximate surface area is 126 Å². The number of nitrogens with zero attached hydrogens (tertiary/aromatic N) is 1. The fourth-order valence-corrected chi connectivity index (χ4v) is 3.18. The first kappa shape index (κ1) is 14.6. The molecule has 1 unspecified atom stereocenters. The molecule has 0 bridgehead atoms. The van der Waals surface area contributed by atoms with Crippen molar-refractivity contribution >= 4 is 34.6 Å². The Morgan fingerprint density at radius 1 is 1.42 bits per heavy atom. The van der Waals surface area contributed by atoms with Crippen LogP contribution in [0.2, 0.25) is 5.02 Å². The van der Waals surface area contributed by atoms with Crippen molar-refractivity contribution < 1.29 is 0 Å². The van der Waals surface area contributed by atoms with E-state index in [0.717, 1.165) is 28.8 Å². The SMILES string of the molecule is CCC1CCCCCN1C(=S)Nc1cccc(Cl)c1. The van der Waals surface area contributed by atoms with Crippen molar-refractivity contribution in [2.24, 2.45) is 0 Å². The largest absolute Gasteiger partial charge is 0.346 e. The van der Waals surface area contributed by atoms with Crippen LogP contribution in [0.1, 0.15) is 39.0 Å². The van der Waals surface area contributed by atoms with E-state index >= 15 is 0 Å². The third-order valence-corrected chi connectivity index (χ3v) is 4.26. The number of nitrogens with one attached hydrogen (secondary N) is 1. The van der Waals surface area contributed by atoms with Crippen LogP contribution in [-0.2, 0) is 0 Å². The molecule has 1 N–H and O–H groups in total. The highest BCUT2D eigenvalue weighted by Crippen LogP contribution is 2.21. The molecule has 1 aromatic rings. The molecule has 19 heavy (non-hydrogen) atoms. The minimum atomic E-state index is 0.571. The lowest BCUT2D eigenvalue weighted by molar-refractivity contribution is 0.311. The summed E-state index contributed by atoms with van der Waals surface area (Å²) in [5.74, 6) is 0. The van der Waals surface area contributed by atoms with Gasteiger partial charge in [0.25, 0.3) is 0 Å². The van der Waals surface area contributed by atoms with Crippen LogP contribution in [0.5, 0.6) is 0 Å². The number of halogens is 1. The molecule has 104 valence electrons. The summed E-state index contributed by atoms with van der Waals surface area (Å²) < 4.78 is 0. The van der Waals surface area contributed by atoms with Crippen LogP contribution in [0.4, 0.5) is 5.69 Å². The summed E-state index contributed by atoms with van der Waals surface area (Å²) in [5, 5.41) is 4.88. The summed E-state index contributed by atoms with van der Waals surface area (Å²) in [6.45, 7) is 3.30. The first-order valence-electron chi connectivity index (χ1n) is 7.04. The van der Waals surface area contributed by atoms with Crippen LogP contribution in [-0.4, -0.2) is 22.6 Å². The number of likely N-dealkylation sites (tertiary alicyclic amines) is 1. The van der Waals surface area contributed by atoms with E-state index in [4.69, 9.17) is 23.8 Å². The van der Waals surface area contributed by atoms with E-state index in [2.05, 4.69) is 17.1 Å². The lowest BCUT2D eigenvalue weighted by Crippen LogP contribution is -2.42. The van der Waals surface area contributed by atoms with Crippen LogP contribution < -0.4 is 5.32 Å². The highest BCUT2D eigenvalue weighted by atomic mass is 35.5. The number of hydrogen-bond donors (Lipinski definition) is 1. The van der Waals surface area contributed by atoms with Gasteiger partial charge in [-0.1, -0.05) is 37.4 Å². The summed E-state index contributed by atoms with van der Waals surface area (Å²) in [7, 11) is 0. The van der Waals surface area contributed by atoms with Crippen molar-refractivity contribution in [1.82, 2.24) is 4.90 Å². The van der Waals surface area contributed by atoms with E-state index in [0.29, 0.717) is 6.04 Å². The first-order valence-corrected chi connectivity index (χ1v) is 7.82. The molecule has 4 heteroatoms. The van der Waals surface area contributed by atoms with E-state index < -0.39 is 0 Å². The molecule has 0 aromatic heterocycles. The fourth-order valence-electron chi connectivity index (χ4n) is 2.63. The highest BCUT2D eigenvalue weighted by molar-refractivity contribution is 7.80. The number of hydrogen-bond acceptors (Lipinski definition) is 1. The molecule has 0 amide bonds. The zero-order valence-electron chi connectivity index (χ0n) is 11.4. The lowest BCUT2D eigenvalue weighted by atomic mass is 10.1. The Balaban J connectivity index is 2.04. The summed E-state index contributed by atoms with van der Waals surface area (Å²) in [6, 6.07) is 8.29. The van der Waals surface area contributed by atoms with E-state index in [1.54, 1.807) is 0 Å². The second-order valence-electron chi connectivity index (χ2n) is 5.05. The molecule has 1 saturated heterocycles. The van der Waals surface area contributed by atoms with Crippen molar-refractivity contribution in [2.75, 3.05) is 11.9 Å². The van der Waals surface area contributed by atoms with Crippen LogP contribution in [0.15, 0.2) is 24.3 Å². The Morgan fingerprint density at radius 3 is 3.00 bits per heavy atom. The van der Waals surface area contributed by atoms with Gasteiger partial charge in [0.2, 0.25) is 0 Å². The third-order valence-electron chi connectivity index (χ3n) is 3.69. The second-order valence-corrected chi connectivity index (χ2v) is 5.87. The average Bonchev–Trinajstić information content (AvgIpc) is 2.63. The number of rotatable bonds is 2. The van der Waals surface area contributed by atoms with E-state index in [-0.39, 0.29) is 0 Å². The molecule has 0 saturated carbocycles. The molecule has 1 fully saturated rings. The maximum absolute atomic E-state index is 6.00. The summed E-state index contributed by atoms with van der Waals surface area (Å²) in [4.78, 5) is 2.35. The van der Waals surface area contributed by atoms with Crippen molar-refractivity contribution in [2.45, 2.75) is 45.1 Å². The van der Waals surface area contributed by atoms with Crippen molar-refractivity contribution in [3.05, 3.63) is 29.3 Å². The molecular weight excluding hydrogens is 276 g/mol. The predicted molar refractivity (Wildman–Crippen MR) is 86.9 cm³/mol. The monoisotopic (exact) mass is 296 g/mol. The Morgan fingerprint density at radius 2 is 2.26 bits per heavy atom. The minimum Gasteiger partial charge on any atom is -0.346 e. The number of benzene rings is 1. The summed E-state index contributed by atoms with van der Waals surface area (Å²) in [6.07, 6.45) is 6.25. The zero-order valence-corrected chi connectivity index (χ0v) is 12.9. The maximum Gasteiger partial charge on any atom is 0.173 e. The lowest BCUT2D eigenvalue weighted by Gasteiger charge is -2.32. The van der Waals surface area contributed by atoms with Gasteiger partial charge in [-0.25, -0.2) is 0 Å². The average molecular weight is 297 g/mol. The van der Waals surface area contributed by atoms with Gasteiger partial charge in [-0.15, -0.1) is 0 Å². The van der Waals surface area contributed by atoms with Gasteiger partial charge in [-0.2, -0.15) is 0 Å². The Hall–Kier alpha value is -0.800. The van der Waals surface area contributed by atoms with Gasteiger partial charge in [0.15, 0.2) is 5.11 Å². The van der Waals surface area contributed by atoms with Gasteiger partial charge in [-0.05, 0) is 49.7 Å². The highest BCUT2D eigenvalue weighted by Gasteiger charge is 2.21. The molecule has 2 nitrogen and oxygen atoms in total. The molecule has 0 aliphatic carbocycles. The van der Waals surface area contributed by atoms with Crippen LogP contribution in [0.25, 0.3) is 0 Å². The van der Waals surface area contributed by atoms with Gasteiger partial charge in [-0.3, -0.25) is 0 Å². The molecule has 1 heterocycles. The molecule has 1 aliphatic heterocycles. The standard InChI is InChI=1S/C15H21ClN2S/c1-2-14-9-4-3-5-10-18(14)15(19)17-13-8-6-7-12(16)11-13/h6-8,11,14H,2-5,9-10H2,1H3,(H,17,19). The Bertz CT molecular complexity index is 436. The van der Waals surface area contributed by atoms with Gasteiger partial charge >= 0.3 is 0 Å². The number of thiocarbonyl (C=S) groups is 1. The smallest absolute Gasteiger partial charge is 0.173 e. The van der Waals surface area contributed by atoms with Crippen molar-refractivity contribution in [1.29, 1.82) is 0 Å². The normalized spacial score (nSPS) is 19.9. The third kappa shape index (κ3) is 4.08. The van der Waals surface area contributed by atoms with Gasteiger partial charge < -0.3 is 10.2 Å². The molecular formula is C15H21ClN2S. The van der Waals surface area contributed by atoms with Gasteiger partial charge in [0.1, 0.15) is 0 Å². The summed E-state index contributed by atoms with van der Waals surface area (Å²) >= 11 is 11.6. The van der Waals surface area contributed by atoms with Crippen molar-refractivity contribution in [3.8, 4) is 0 Å². The molecule has 2 rings (SSSR count). The van der Waals surface area contributed by atoms with E-state index in [9.17, 15) is 0 Å². The minimum absolute atomic E-state index is 0.571. The van der Waals surface area contributed by atoms with Gasteiger partial charge in [0.05, 0.1) is 0 Å². The Kier molecular flexibility index (Phi) is 5.46. The second kappa shape index (κ2) is 7.11. The summed E-state index contributed by atoms with van der Waals surface area (Å²) in [5.41, 5.74) is 0.969. The molecule has 1 aromatic carbocycles. The quantitative estimate of drug-likeness (QED) is 0.797. The van der Waals surface area contributed by atoms with Crippen LogP contribution in [0, 0.1) is 0 Å². The van der Waals surface area contributed by atoms with E-state index in [1.807, 2.05) is 24.3 Å². The molecule has 1 atom stereocenters. The zero-order chi connectivity index (χ0) is 13.7. The maximum atomic E-state index is 6.00. The molecule has 1 aliphatic rings. The van der Waals surface area contributed by atoms with E-state index in [1.165, 1.54) is 25.7 Å². The van der Waals surface area contributed by atoms with Crippen LogP contribution >= 0.6 is 23.8 Å². The van der Waals surface area contributed by atoms with Gasteiger partial charge in [0, 0.05) is 23.3 Å².